The molecule has 0 unspecified atom stereocenters. The molecule has 0 aliphatic carbocycles. The van der Waals surface area contributed by atoms with Crippen molar-refractivity contribution in [2.24, 2.45) is 0 Å². The standard InChI is InChI=1S/C9H5N5S2/c1-2-7(9-5-16-14-12-9)10-3-6(1)8-4-15-13-11-8/h1-5H. The number of hydrogen-bond donors (Lipinski definition) is 0. The SMILES string of the molecule is c1cc(-c2csnn2)ncc1-c1csnn1. The van der Waals surface area contributed by atoms with Crippen LogP contribution in [-0.2, 0) is 0 Å². The van der Waals surface area contributed by atoms with Gasteiger partial charge in [-0.05, 0) is 35.2 Å². The van der Waals surface area contributed by atoms with Crippen LogP contribution < -0.4 is 0 Å². The maximum atomic E-state index is 4.32. The molecule has 0 N–H and O–H groups in total. The molecule has 78 valence electrons. The number of pyridine rings is 1. The van der Waals surface area contributed by atoms with Gasteiger partial charge in [0, 0.05) is 22.5 Å². The molecule has 0 aliphatic heterocycles. The molecule has 0 spiro atoms. The minimum Gasteiger partial charge on any atom is -0.254 e. The van der Waals surface area contributed by atoms with Crippen molar-refractivity contribution < 1.29 is 0 Å². The smallest absolute Gasteiger partial charge is 0.124 e. The van der Waals surface area contributed by atoms with E-state index < -0.39 is 0 Å². The number of aromatic nitrogens is 5. The van der Waals surface area contributed by atoms with Gasteiger partial charge in [0.05, 0.1) is 5.69 Å². The largest absolute Gasteiger partial charge is 0.254 e. The van der Waals surface area contributed by atoms with Gasteiger partial charge in [0.1, 0.15) is 11.4 Å². The van der Waals surface area contributed by atoms with Crippen LogP contribution in [0.2, 0.25) is 0 Å². The van der Waals surface area contributed by atoms with Crippen molar-refractivity contribution in [1.29, 1.82) is 0 Å². The van der Waals surface area contributed by atoms with Crippen molar-refractivity contribution in [2.45, 2.75) is 0 Å². The van der Waals surface area contributed by atoms with Crippen LogP contribution in [0.1, 0.15) is 0 Å². The maximum Gasteiger partial charge on any atom is 0.124 e. The molecule has 0 fully saturated rings. The summed E-state index contributed by atoms with van der Waals surface area (Å²) in [5.41, 5.74) is 3.43. The van der Waals surface area contributed by atoms with Crippen LogP contribution in [0.4, 0.5) is 0 Å². The lowest BCUT2D eigenvalue weighted by Crippen LogP contribution is -1.85. The Bertz CT molecular complexity index is 505. The molecule has 0 aliphatic rings. The van der Waals surface area contributed by atoms with Gasteiger partial charge in [0.15, 0.2) is 0 Å². The normalized spacial score (nSPS) is 10.5. The lowest BCUT2D eigenvalue weighted by molar-refractivity contribution is 1.13. The van der Waals surface area contributed by atoms with Crippen molar-refractivity contribution in [1.82, 2.24) is 24.2 Å². The summed E-state index contributed by atoms with van der Waals surface area (Å²) < 4.78 is 7.62. The second kappa shape index (κ2) is 4.03. The Morgan fingerprint density at radius 3 is 2.12 bits per heavy atom. The first-order valence-electron chi connectivity index (χ1n) is 4.44. The van der Waals surface area contributed by atoms with E-state index in [-0.39, 0.29) is 0 Å². The predicted molar refractivity (Wildman–Crippen MR) is 62.0 cm³/mol. The lowest BCUT2D eigenvalue weighted by Gasteiger charge is -1.97. The molecule has 3 heterocycles. The summed E-state index contributed by atoms with van der Waals surface area (Å²) >= 11 is 2.64. The molecule has 3 aromatic rings. The van der Waals surface area contributed by atoms with Gasteiger partial charge in [0.25, 0.3) is 0 Å². The van der Waals surface area contributed by atoms with Crippen LogP contribution in [0.3, 0.4) is 0 Å². The molecular formula is C9H5N5S2. The Hall–Kier alpha value is -1.73. The van der Waals surface area contributed by atoms with Crippen LogP contribution >= 0.6 is 23.1 Å². The van der Waals surface area contributed by atoms with Crippen LogP contribution in [0.15, 0.2) is 29.1 Å². The van der Waals surface area contributed by atoms with E-state index in [2.05, 4.69) is 24.2 Å². The van der Waals surface area contributed by atoms with E-state index in [0.29, 0.717) is 0 Å². The average Bonchev–Trinajstić information content (AvgIpc) is 3.03. The fraction of sp³-hybridized carbons (Fsp3) is 0. The zero-order chi connectivity index (χ0) is 10.8. The Labute approximate surface area is 99.1 Å². The minimum atomic E-state index is 0.799. The summed E-state index contributed by atoms with van der Waals surface area (Å²) in [7, 11) is 0. The molecule has 7 heteroatoms. The number of rotatable bonds is 2. The average molecular weight is 247 g/mol. The van der Waals surface area contributed by atoms with Crippen LogP contribution in [0.5, 0.6) is 0 Å². The van der Waals surface area contributed by atoms with E-state index in [1.54, 1.807) is 6.20 Å². The van der Waals surface area contributed by atoms with E-state index >= 15 is 0 Å². The first kappa shape index (κ1) is 9.49. The monoisotopic (exact) mass is 247 g/mol. The van der Waals surface area contributed by atoms with E-state index in [4.69, 9.17) is 0 Å². The Morgan fingerprint density at radius 2 is 1.56 bits per heavy atom. The van der Waals surface area contributed by atoms with Crippen LogP contribution in [-0.4, -0.2) is 24.2 Å². The van der Waals surface area contributed by atoms with Crippen molar-refractivity contribution in [3.63, 3.8) is 0 Å². The van der Waals surface area contributed by atoms with Gasteiger partial charge in [-0.25, -0.2) is 0 Å². The molecule has 16 heavy (non-hydrogen) atoms. The maximum absolute atomic E-state index is 4.32. The van der Waals surface area contributed by atoms with Gasteiger partial charge in [-0.3, -0.25) is 4.98 Å². The number of hydrogen-bond acceptors (Lipinski definition) is 7. The first-order chi connectivity index (χ1) is 7.93. The Balaban J connectivity index is 1.97. The second-order valence-corrected chi connectivity index (χ2v) is 4.23. The van der Waals surface area contributed by atoms with Gasteiger partial charge in [-0.2, -0.15) is 0 Å². The van der Waals surface area contributed by atoms with E-state index in [0.717, 1.165) is 22.6 Å². The number of nitrogens with zero attached hydrogens (tertiary/aromatic N) is 5. The van der Waals surface area contributed by atoms with Crippen molar-refractivity contribution in [3.05, 3.63) is 29.1 Å². The highest BCUT2D eigenvalue weighted by Crippen LogP contribution is 2.20. The summed E-state index contributed by atoms with van der Waals surface area (Å²) in [6.45, 7) is 0. The van der Waals surface area contributed by atoms with Gasteiger partial charge in [0.2, 0.25) is 0 Å². The highest BCUT2D eigenvalue weighted by Gasteiger charge is 2.04. The highest BCUT2D eigenvalue weighted by atomic mass is 32.1. The molecule has 0 saturated carbocycles. The molecule has 3 aromatic heterocycles. The molecular weight excluding hydrogens is 242 g/mol. The Kier molecular flexibility index (Phi) is 2.39. The third-order valence-electron chi connectivity index (χ3n) is 2.04. The Morgan fingerprint density at radius 1 is 0.812 bits per heavy atom. The quantitative estimate of drug-likeness (QED) is 0.694. The fourth-order valence-electron chi connectivity index (χ4n) is 1.26. The van der Waals surface area contributed by atoms with Crippen LogP contribution in [0.25, 0.3) is 22.6 Å². The van der Waals surface area contributed by atoms with E-state index in [1.807, 2.05) is 22.9 Å². The molecule has 0 amide bonds. The predicted octanol–water partition coefficient (Wildman–Crippen LogP) is 2.12. The first-order valence-corrected chi connectivity index (χ1v) is 6.12. The molecule has 0 aromatic carbocycles. The molecule has 0 bridgehead atoms. The third-order valence-corrected chi connectivity index (χ3v) is 3.05. The molecule has 0 radical (unpaired) electrons. The topological polar surface area (TPSA) is 64.5 Å². The van der Waals surface area contributed by atoms with Gasteiger partial charge >= 0.3 is 0 Å². The molecule has 5 nitrogen and oxygen atoms in total. The van der Waals surface area contributed by atoms with Crippen LogP contribution in [0, 0.1) is 0 Å². The zero-order valence-corrected chi connectivity index (χ0v) is 9.57. The molecule has 0 saturated heterocycles. The van der Waals surface area contributed by atoms with E-state index in [9.17, 15) is 0 Å². The van der Waals surface area contributed by atoms with Gasteiger partial charge in [-0.1, -0.05) is 8.98 Å². The second-order valence-electron chi connectivity index (χ2n) is 3.01. The van der Waals surface area contributed by atoms with Gasteiger partial charge in [-0.15, -0.1) is 10.2 Å². The summed E-state index contributed by atoms with van der Waals surface area (Å²) in [5.74, 6) is 0. The summed E-state index contributed by atoms with van der Waals surface area (Å²) in [4.78, 5) is 4.32. The minimum absolute atomic E-state index is 0.799. The molecule has 0 atom stereocenters. The summed E-state index contributed by atoms with van der Waals surface area (Å²) in [6, 6.07) is 3.86. The van der Waals surface area contributed by atoms with Crippen molar-refractivity contribution in [2.75, 3.05) is 0 Å². The molecule has 3 rings (SSSR count). The third kappa shape index (κ3) is 1.70. The highest BCUT2D eigenvalue weighted by molar-refractivity contribution is 7.03. The fourth-order valence-corrected chi connectivity index (χ4v) is 2.18. The summed E-state index contributed by atoms with van der Waals surface area (Å²) in [5, 5.41) is 11.7. The van der Waals surface area contributed by atoms with Gasteiger partial charge < -0.3 is 0 Å². The van der Waals surface area contributed by atoms with Crippen molar-refractivity contribution in [3.8, 4) is 22.6 Å². The lowest BCUT2D eigenvalue weighted by atomic mass is 10.2. The van der Waals surface area contributed by atoms with E-state index in [1.165, 1.54) is 23.1 Å². The summed E-state index contributed by atoms with van der Waals surface area (Å²) in [6.07, 6.45) is 1.77. The van der Waals surface area contributed by atoms with Crippen molar-refractivity contribution >= 4 is 23.1 Å². The zero-order valence-electron chi connectivity index (χ0n) is 7.94.